The summed E-state index contributed by atoms with van der Waals surface area (Å²) in [6.45, 7) is 11.7. The average molecular weight is 412 g/mol. The van der Waals surface area contributed by atoms with Crippen LogP contribution in [-0.4, -0.2) is 39.4 Å². The molecule has 162 valence electrons. The Kier molecular flexibility index (Phi) is 6.77. The number of nitrogens with two attached hydrogens (primary N) is 1. The first-order chi connectivity index (χ1) is 14.3. The first-order valence-electron chi connectivity index (χ1n) is 10.4. The second-order valence-corrected chi connectivity index (χ2v) is 8.23. The van der Waals surface area contributed by atoms with E-state index >= 15 is 0 Å². The maximum Gasteiger partial charge on any atom is 0.227 e. The third-order valence-corrected chi connectivity index (χ3v) is 4.89. The molecule has 8 nitrogen and oxygen atoms in total. The summed E-state index contributed by atoms with van der Waals surface area (Å²) >= 11 is 0. The fourth-order valence-corrected chi connectivity index (χ4v) is 3.35. The van der Waals surface area contributed by atoms with Crippen molar-refractivity contribution < 1.29 is 4.74 Å². The van der Waals surface area contributed by atoms with Crippen molar-refractivity contribution in [1.29, 1.82) is 0 Å². The molecule has 0 aliphatic heterocycles. The Balaban J connectivity index is 2.10. The Bertz CT molecular complexity index is 1050. The van der Waals surface area contributed by atoms with Crippen molar-refractivity contribution in [2.75, 3.05) is 19.0 Å². The third kappa shape index (κ3) is 4.64. The van der Waals surface area contributed by atoms with E-state index in [2.05, 4.69) is 47.8 Å². The van der Waals surface area contributed by atoms with Gasteiger partial charge in [0, 0.05) is 18.6 Å². The normalized spacial score (nSPS) is 13.4. The number of aromatic nitrogens is 4. The third-order valence-electron chi connectivity index (χ3n) is 4.89. The molecule has 0 saturated carbocycles. The number of fused-ring (bicyclic) bond motifs is 1. The van der Waals surface area contributed by atoms with Crippen molar-refractivity contribution in [1.82, 2.24) is 19.7 Å². The molecule has 0 aliphatic rings. The van der Waals surface area contributed by atoms with E-state index in [4.69, 9.17) is 20.4 Å². The van der Waals surface area contributed by atoms with E-state index in [9.17, 15) is 0 Å². The number of aromatic amines is 1. The quantitative estimate of drug-likeness (QED) is 0.527. The van der Waals surface area contributed by atoms with Gasteiger partial charge in [0.1, 0.15) is 5.75 Å². The molecule has 8 heteroatoms. The highest BCUT2D eigenvalue weighted by atomic mass is 16.5. The summed E-state index contributed by atoms with van der Waals surface area (Å²) in [6, 6.07) is 8.11. The van der Waals surface area contributed by atoms with Crippen molar-refractivity contribution in [2.45, 2.75) is 59.2 Å². The van der Waals surface area contributed by atoms with E-state index in [-0.39, 0.29) is 18.0 Å². The Hall–Kier alpha value is -2.87. The van der Waals surface area contributed by atoms with Gasteiger partial charge in [0.2, 0.25) is 5.62 Å². The molecule has 2 heterocycles. The number of hydrogen-bond donors (Lipinski definition) is 3. The van der Waals surface area contributed by atoms with Crippen LogP contribution in [0.3, 0.4) is 0 Å². The second-order valence-electron chi connectivity index (χ2n) is 8.23. The molecule has 0 spiro atoms. The fourth-order valence-electron chi connectivity index (χ4n) is 3.35. The van der Waals surface area contributed by atoms with Gasteiger partial charge in [-0.15, -0.1) is 0 Å². The van der Waals surface area contributed by atoms with Crippen LogP contribution >= 0.6 is 0 Å². The van der Waals surface area contributed by atoms with E-state index < -0.39 is 0 Å². The molecule has 30 heavy (non-hydrogen) atoms. The summed E-state index contributed by atoms with van der Waals surface area (Å²) in [5, 5.41) is 11.3. The number of benzene rings is 1. The topological polar surface area (TPSA) is 106 Å². The molecular formula is C22H33N7O. The van der Waals surface area contributed by atoms with Crippen LogP contribution in [0.1, 0.15) is 57.8 Å². The predicted molar refractivity (Wildman–Crippen MR) is 121 cm³/mol. The van der Waals surface area contributed by atoms with Crippen LogP contribution in [0.25, 0.3) is 11.0 Å². The Morgan fingerprint density at radius 3 is 2.43 bits per heavy atom. The van der Waals surface area contributed by atoms with Gasteiger partial charge in [-0.2, -0.15) is 10.1 Å². The molecule has 1 unspecified atom stereocenters. The molecule has 3 aromatic rings. The van der Waals surface area contributed by atoms with Crippen molar-refractivity contribution in [3.8, 4) is 5.75 Å². The second kappa shape index (κ2) is 9.30. The van der Waals surface area contributed by atoms with Gasteiger partial charge >= 0.3 is 0 Å². The lowest BCUT2D eigenvalue weighted by Crippen LogP contribution is -2.30. The molecule has 0 fully saturated rings. The van der Waals surface area contributed by atoms with Crippen LogP contribution in [0.4, 0.5) is 5.82 Å². The summed E-state index contributed by atoms with van der Waals surface area (Å²) in [5.74, 6) is 1.84. The minimum absolute atomic E-state index is 0.0345. The van der Waals surface area contributed by atoms with Crippen molar-refractivity contribution in [3.63, 3.8) is 0 Å². The van der Waals surface area contributed by atoms with Gasteiger partial charge in [-0.25, -0.2) is 4.99 Å². The molecule has 2 aromatic heterocycles. The largest absolute Gasteiger partial charge is 0.497 e. The van der Waals surface area contributed by atoms with Crippen LogP contribution in [0.5, 0.6) is 5.75 Å². The first kappa shape index (κ1) is 21.8. The predicted octanol–water partition coefficient (Wildman–Crippen LogP) is 3.33. The zero-order chi connectivity index (χ0) is 21.8. The van der Waals surface area contributed by atoms with E-state index in [1.165, 1.54) is 0 Å². The van der Waals surface area contributed by atoms with E-state index in [0.29, 0.717) is 24.5 Å². The van der Waals surface area contributed by atoms with Gasteiger partial charge in [0.25, 0.3) is 0 Å². The molecule has 0 aliphatic carbocycles. The summed E-state index contributed by atoms with van der Waals surface area (Å²) in [6.07, 6.45) is 0. The molecule has 0 radical (unpaired) electrons. The number of nitrogens with one attached hydrogen (secondary N) is 2. The first-order valence-corrected chi connectivity index (χ1v) is 10.4. The number of hydrogen-bond acceptors (Lipinski definition) is 6. The number of anilines is 1. The van der Waals surface area contributed by atoms with Gasteiger partial charge < -0.3 is 20.4 Å². The summed E-state index contributed by atoms with van der Waals surface area (Å²) in [4.78, 5) is 9.56. The zero-order valence-corrected chi connectivity index (χ0v) is 18.7. The van der Waals surface area contributed by atoms with E-state index in [1.807, 2.05) is 31.2 Å². The lowest BCUT2D eigenvalue weighted by Gasteiger charge is -2.17. The fraction of sp³-hybridized carbons (Fsp3) is 0.500. The molecule has 3 rings (SSSR count). The number of ether oxygens (including phenoxy) is 1. The smallest absolute Gasteiger partial charge is 0.227 e. The number of rotatable bonds is 8. The van der Waals surface area contributed by atoms with Gasteiger partial charge in [-0.1, -0.05) is 26.0 Å². The SMILES string of the molecule is COc1ccc(CNc2nc(=NCC(C)N)n(C(C)C)c3c(C(C)C)[nH]nc23)cc1. The van der Waals surface area contributed by atoms with Crippen molar-refractivity contribution in [3.05, 3.63) is 41.1 Å². The Labute approximate surface area is 177 Å². The summed E-state index contributed by atoms with van der Waals surface area (Å²) in [5.41, 5.74) is 10.7. The van der Waals surface area contributed by atoms with Crippen LogP contribution in [0.15, 0.2) is 29.3 Å². The summed E-state index contributed by atoms with van der Waals surface area (Å²) in [7, 11) is 1.67. The molecular weight excluding hydrogens is 378 g/mol. The minimum atomic E-state index is -0.0345. The van der Waals surface area contributed by atoms with Crippen molar-refractivity contribution in [2.24, 2.45) is 10.7 Å². The molecule has 1 atom stereocenters. The number of methoxy groups -OCH3 is 1. The Morgan fingerprint density at radius 2 is 1.87 bits per heavy atom. The van der Waals surface area contributed by atoms with Gasteiger partial charge in [-0.05, 0) is 44.4 Å². The molecule has 0 amide bonds. The number of H-pyrrole nitrogens is 1. The van der Waals surface area contributed by atoms with Crippen LogP contribution in [0, 0.1) is 0 Å². The van der Waals surface area contributed by atoms with Crippen LogP contribution < -0.4 is 21.4 Å². The lowest BCUT2D eigenvalue weighted by atomic mass is 10.1. The van der Waals surface area contributed by atoms with Gasteiger partial charge in [0.05, 0.1) is 24.9 Å². The molecule has 1 aromatic carbocycles. The maximum atomic E-state index is 5.96. The highest BCUT2D eigenvalue weighted by molar-refractivity contribution is 5.87. The minimum Gasteiger partial charge on any atom is -0.497 e. The van der Waals surface area contributed by atoms with Crippen molar-refractivity contribution >= 4 is 16.9 Å². The highest BCUT2D eigenvalue weighted by Crippen LogP contribution is 2.27. The molecule has 0 bridgehead atoms. The lowest BCUT2D eigenvalue weighted by molar-refractivity contribution is 0.414. The zero-order valence-electron chi connectivity index (χ0n) is 18.7. The van der Waals surface area contributed by atoms with Crippen LogP contribution in [0.2, 0.25) is 0 Å². The highest BCUT2D eigenvalue weighted by Gasteiger charge is 2.20. The Morgan fingerprint density at radius 1 is 1.17 bits per heavy atom. The van der Waals surface area contributed by atoms with Crippen LogP contribution in [-0.2, 0) is 6.54 Å². The standard InChI is InChI=1S/C22H33N7O/c1-13(2)18-20-19(28-27-18)21(24-12-16-7-9-17(30-6)10-8-16)26-22(25-11-15(5)23)29(20)14(3)4/h7-10,13-15H,11-12,23H2,1-6H3,(H,27,28)(H,24,25,26). The number of nitrogens with zero attached hydrogens (tertiary/aromatic N) is 4. The van der Waals surface area contributed by atoms with E-state index in [0.717, 1.165) is 28.0 Å². The van der Waals surface area contributed by atoms with Gasteiger partial charge in [0.15, 0.2) is 11.3 Å². The summed E-state index contributed by atoms with van der Waals surface area (Å²) < 4.78 is 7.39. The van der Waals surface area contributed by atoms with Gasteiger partial charge in [-0.3, -0.25) is 5.10 Å². The molecule has 0 saturated heterocycles. The van der Waals surface area contributed by atoms with E-state index in [1.54, 1.807) is 7.11 Å². The average Bonchev–Trinajstić information content (AvgIpc) is 3.15. The molecule has 4 N–H and O–H groups in total. The maximum absolute atomic E-state index is 5.96. The monoisotopic (exact) mass is 411 g/mol.